The first-order valence-corrected chi connectivity index (χ1v) is 7.69. The van der Waals surface area contributed by atoms with Crippen LogP contribution in [-0.2, 0) is 17.8 Å². The van der Waals surface area contributed by atoms with Gasteiger partial charge in [-0.05, 0) is 38.2 Å². The highest BCUT2D eigenvalue weighted by atomic mass is 32.1. The number of rotatable bonds is 5. The SMILES string of the molecule is CCN(Cc1ccccn1)C(=O)Cc1sc(=S)[nH]c1C. The van der Waals surface area contributed by atoms with Crippen molar-refractivity contribution >= 4 is 29.5 Å². The summed E-state index contributed by atoms with van der Waals surface area (Å²) in [6.45, 7) is 5.14. The minimum Gasteiger partial charge on any atom is -0.341 e. The number of aromatic amines is 1. The van der Waals surface area contributed by atoms with Gasteiger partial charge in [0.1, 0.15) is 0 Å². The third kappa shape index (κ3) is 3.74. The van der Waals surface area contributed by atoms with Crippen molar-refractivity contribution in [3.63, 3.8) is 0 Å². The molecule has 0 spiro atoms. The summed E-state index contributed by atoms with van der Waals surface area (Å²) in [5.74, 6) is 0.103. The van der Waals surface area contributed by atoms with E-state index < -0.39 is 0 Å². The molecule has 1 amide bonds. The van der Waals surface area contributed by atoms with E-state index in [1.165, 1.54) is 11.3 Å². The maximum atomic E-state index is 12.4. The predicted octanol–water partition coefficient (Wildman–Crippen LogP) is 3.10. The molecule has 2 heterocycles. The lowest BCUT2D eigenvalue weighted by molar-refractivity contribution is -0.130. The molecule has 0 aliphatic rings. The fraction of sp³-hybridized carbons (Fsp3) is 0.357. The van der Waals surface area contributed by atoms with Crippen LogP contribution in [0, 0.1) is 10.9 Å². The normalized spacial score (nSPS) is 10.5. The molecule has 0 fully saturated rings. The Kier molecular flexibility index (Phi) is 5.03. The molecule has 0 aliphatic carbocycles. The minimum atomic E-state index is 0.103. The Balaban J connectivity index is 2.06. The summed E-state index contributed by atoms with van der Waals surface area (Å²) in [5.41, 5.74) is 1.89. The fourth-order valence-electron chi connectivity index (χ4n) is 1.92. The van der Waals surface area contributed by atoms with Crippen LogP contribution in [0.2, 0.25) is 0 Å². The Morgan fingerprint density at radius 2 is 2.30 bits per heavy atom. The monoisotopic (exact) mass is 307 g/mol. The molecule has 2 aromatic rings. The van der Waals surface area contributed by atoms with Crippen molar-refractivity contribution < 1.29 is 4.79 Å². The van der Waals surface area contributed by atoms with Crippen molar-refractivity contribution in [1.82, 2.24) is 14.9 Å². The molecule has 0 aromatic carbocycles. The third-order valence-corrected chi connectivity index (χ3v) is 4.39. The molecule has 20 heavy (non-hydrogen) atoms. The van der Waals surface area contributed by atoms with Crippen LogP contribution in [0.5, 0.6) is 0 Å². The zero-order chi connectivity index (χ0) is 14.5. The molecular formula is C14H17N3OS2. The minimum absolute atomic E-state index is 0.103. The first-order chi connectivity index (χ1) is 9.60. The summed E-state index contributed by atoms with van der Waals surface area (Å²) in [5, 5.41) is 0. The molecule has 0 saturated carbocycles. The molecule has 2 aromatic heterocycles. The van der Waals surface area contributed by atoms with E-state index >= 15 is 0 Å². The van der Waals surface area contributed by atoms with Crippen LogP contribution < -0.4 is 0 Å². The van der Waals surface area contributed by atoms with Crippen molar-refractivity contribution in [2.24, 2.45) is 0 Å². The van der Waals surface area contributed by atoms with Gasteiger partial charge in [0.2, 0.25) is 5.91 Å². The van der Waals surface area contributed by atoms with Crippen LogP contribution in [0.15, 0.2) is 24.4 Å². The van der Waals surface area contributed by atoms with Crippen LogP contribution in [-0.4, -0.2) is 27.3 Å². The fourth-order valence-corrected chi connectivity index (χ4v) is 3.20. The van der Waals surface area contributed by atoms with Crippen molar-refractivity contribution in [3.8, 4) is 0 Å². The molecule has 6 heteroatoms. The van der Waals surface area contributed by atoms with E-state index in [1.54, 1.807) is 6.20 Å². The molecule has 2 rings (SSSR count). The number of carbonyl (C=O) groups excluding carboxylic acids is 1. The van der Waals surface area contributed by atoms with E-state index in [9.17, 15) is 4.79 Å². The van der Waals surface area contributed by atoms with Crippen molar-refractivity contribution in [1.29, 1.82) is 0 Å². The lowest BCUT2D eigenvalue weighted by Gasteiger charge is -2.20. The van der Waals surface area contributed by atoms with E-state index in [4.69, 9.17) is 12.2 Å². The Morgan fingerprint density at radius 1 is 1.50 bits per heavy atom. The number of H-pyrrole nitrogens is 1. The van der Waals surface area contributed by atoms with Gasteiger partial charge < -0.3 is 9.88 Å². The summed E-state index contributed by atoms with van der Waals surface area (Å²) in [6.07, 6.45) is 2.14. The number of amides is 1. The average molecular weight is 307 g/mol. The number of aromatic nitrogens is 2. The van der Waals surface area contributed by atoms with E-state index in [-0.39, 0.29) is 5.91 Å². The first-order valence-electron chi connectivity index (χ1n) is 6.46. The van der Waals surface area contributed by atoms with Crippen LogP contribution in [0.4, 0.5) is 0 Å². The van der Waals surface area contributed by atoms with Crippen LogP contribution in [0.25, 0.3) is 0 Å². The maximum Gasteiger partial charge on any atom is 0.228 e. The van der Waals surface area contributed by atoms with Gasteiger partial charge in [-0.25, -0.2) is 0 Å². The van der Waals surface area contributed by atoms with Gasteiger partial charge in [0.15, 0.2) is 3.95 Å². The van der Waals surface area contributed by atoms with E-state index in [1.807, 2.05) is 36.9 Å². The van der Waals surface area contributed by atoms with E-state index in [2.05, 4.69) is 9.97 Å². The molecule has 0 radical (unpaired) electrons. The second kappa shape index (κ2) is 6.76. The van der Waals surface area contributed by atoms with Gasteiger partial charge in [-0.15, -0.1) is 11.3 Å². The smallest absolute Gasteiger partial charge is 0.228 e. The number of likely N-dealkylation sites (N-methyl/N-ethyl adjacent to an activating group) is 1. The van der Waals surface area contributed by atoms with Crippen molar-refractivity contribution in [2.45, 2.75) is 26.8 Å². The second-order valence-electron chi connectivity index (χ2n) is 4.47. The van der Waals surface area contributed by atoms with Crippen molar-refractivity contribution in [3.05, 3.63) is 44.6 Å². The number of aryl methyl sites for hydroxylation is 1. The molecule has 0 atom stereocenters. The summed E-state index contributed by atoms with van der Waals surface area (Å²) >= 11 is 6.57. The molecule has 4 nitrogen and oxygen atoms in total. The molecule has 0 bridgehead atoms. The summed E-state index contributed by atoms with van der Waals surface area (Å²) in [7, 11) is 0. The van der Waals surface area contributed by atoms with Gasteiger partial charge in [0, 0.05) is 23.3 Å². The molecule has 0 saturated heterocycles. The highest BCUT2D eigenvalue weighted by molar-refractivity contribution is 7.73. The highest BCUT2D eigenvalue weighted by Gasteiger charge is 2.15. The van der Waals surface area contributed by atoms with Gasteiger partial charge >= 0.3 is 0 Å². The topological polar surface area (TPSA) is 49.0 Å². The third-order valence-electron chi connectivity index (χ3n) is 3.05. The second-order valence-corrected chi connectivity index (χ2v) is 6.24. The number of hydrogen-bond donors (Lipinski definition) is 1. The number of carbonyl (C=O) groups is 1. The van der Waals surface area contributed by atoms with Crippen molar-refractivity contribution in [2.75, 3.05) is 6.54 Å². The van der Waals surface area contributed by atoms with Crippen LogP contribution in [0.1, 0.15) is 23.2 Å². The number of nitrogens with one attached hydrogen (secondary N) is 1. The summed E-state index contributed by atoms with van der Waals surface area (Å²) < 4.78 is 0.720. The Morgan fingerprint density at radius 3 is 2.85 bits per heavy atom. The Labute approximate surface area is 127 Å². The van der Waals surface area contributed by atoms with Gasteiger partial charge in [0.25, 0.3) is 0 Å². The van der Waals surface area contributed by atoms with E-state index in [0.29, 0.717) is 19.5 Å². The van der Waals surface area contributed by atoms with E-state index in [0.717, 1.165) is 20.2 Å². The molecule has 1 N–H and O–H groups in total. The standard InChI is InChI=1S/C14H17N3OS2/c1-3-17(9-11-6-4-5-7-15-11)13(18)8-12-10(2)16-14(19)20-12/h4-7H,3,8-9H2,1-2H3,(H,16,19). The lowest BCUT2D eigenvalue weighted by Crippen LogP contribution is -2.31. The zero-order valence-corrected chi connectivity index (χ0v) is 13.2. The maximum absolute atomic E-state index is 12.4. The Bertz CT molecular complexity index is 633. The Hall–Kier alpha value is -1.53. The molecule has 106 valence electrons. The van der Waals surface area contributed by atoms with Gasteiger partial charge in [-0.3, -0.25) is 9.78 Å². The molecule has 0 aliphatic heterocycles. The van der Waals surface area contributed by atoms with Gasteiger partial charge in [0.05, 0.1) is 18.7 Å². The zero-order valence-electron chi connectivity index (χ0n) is 11.5. The quantitative estimate of drug-likeness (QED) is 0.864. The summed E-state index contributed by atoms with van der Waals surface area (Å²) in [6, 6.07) is 5.74. The number of pyridine rings is 1. The van der Waals surface area contributed by atoms with Crippen LogP contribution in [0.3, 0.4) is 0 Å². The molecular weight excluding hydrogens is 290 g/mol. The van der Waals surface area contributed by atoms with Gasteiger partial charge in [-0.2, -0.15) is 0 Å². The molecule has 0 unspecified atom stereocenters. The first kappa shape index (κ1) is 14.9. The summed E-state index contributed by atoms with van der Waals surface area (Å²) in [4.78, 5) is 22.5. The number of nitrogens with zero attached hydrogens (tertiary/aromatic N) is 2. The van der Waals surface area contributed by atoms with Gasteiger partial charge in [-0.1, -0.05) is 6.07 Å². The lowest BCUT2D eigenvalue weighted by atomic mass is 10.2. The highest BCUT2D eigenvalue weighted by Crippen LogP contribution is 2.16. The average Bonchev–Trinajstić information content (AvgIpc) is 2.75. The van der Waals surface area contributed by atoms with Crippen LogP contribution >= 0.6 is 23.6 Å². The largest absolute Gasteiger partial charge is 0.341 e. The number of thiazole rings is 1. The predicted molar refractivity (Wildman–Crippen MR) is 83.3 cm³/mol. The number of hydrogen-bond acceptors (Lipinski definition) is 4.